The molecular formula is C20H26N6O2. The quantitative estimate of drug-likeness (QED) is 0.678. The van der Waals surface area contributed by atoms with Crippen LogP contribution < -0.4 is 4.90 Å². The number of nitrogens with zero attached hydrogens (tertiary/aromatic N) is 6. The molecule has 0 N–H and O–H groups in total. The van der Waals surface area contributed by atoms with Crippen LogP contribution in [0.3, 0.4) is 0 Å². The fourth-order valence-corrected chi connectivity index (χ4v) is 3.44. The molecule has 1 aromatic carbocycles. The molecule has 1 fully saturated rings. The Balaban J connectivity index is 1.60. The van der Waals surface area contributed by atoms with Crippen molar-refractivity contribution in [3.8, 4) is 0 Å². The zero-order valence-electron chi connectivity index (χ0n) is 16.8. The number of fused-ring (bicyclic) bond motifs is 3. The topological polar surface area (TPSA) is 75.9 Å². The number of piperazine rings is 1. The van der Waals surface area contributed by atoms with Crippen molar-refractivity contribution in [2.45, 2.75) is 39.7 Å². The normalized spacial score (nSPS) is 15.4. The molecule has 8 nitrogen and oxygen atoms in total. The van der Waals surface area contributed by atoms with Gasteiger partial charge in [0.25, 0.3) is 0 Å². The molecule has 8 heteroatoms. The lowest BCUT2D eigenvalue weighted by molar-refractivity contribution is 0.0240. The van der Waals surface area contributed by atoms with Gasteiger partial charge < -0.3 is 14.5 Å². The van der Waals surface area contributed by atoms with E-state index in [-0.39, 0.29) is 6.09 Å². The van der Waals surface area contributed by atoms with Crippen LogP contribution in [-0.4, -0.2) is 62.4 Å². The van der Waals surface area contributed by atoms with E-state index in [1.54, 1.807) is 11.2 Å². The van der Waals surface area contributed by atoms with Crippen molar-refractivity contribution < 1.29 is 9.53 Å². The van der Waals surface area contributed by atoms with E-state index in [1.165, 1.54) is 5.56 Å². The van der Waals surface area contributed by atoms with Gasteiger partial charge in [0.1, 0.15) is 11.9 Å². The van der Waals surface area contributed by atoms with Gasteiger partial charge in [-0.3, -0.25) is 4.40 Å². The maximum Gasteiger partial charge on any atom is 0.410 e. The van der Waals surface area contributed by atoms with Gasteiger partial charge >= 0.3 is 6.09 Å². The van der Waals surface area contributed by atoms with Crippen LogP contribution in [0.2, 0.25) is 0 Å². The Kier molecular flexibility index (Phi) is 4.56. The summed E-state index contributed by atoms with van der Waals surface area (Å²) in [5, 5.41) is 8.41. The maximum absolute atomic E-state index is 12.3. The molecule has 0 saturated carbocycles. The first-order chi connectivity index (χ1) is 13.4. The highest BCUT2D eigenvalue weighted by Gasteiger charge is 2.27. The van der Waals surface area contributed by atoms with Gasteiger partial charge in [-0.25, -0.2) is 9.78 Å². The molecule has 28 heavy (non-hydrogen) atoms. The molecule has 0 spiro atoms. The third-order valence-electron chi connectivity index (χ3n) is 4.91. The number of rotatable bonds is 2. The molecule has 1 aliphatic heterocycles. The highest BCUT2D eigenvalue weighted by Crippen LogP contribution is 2.25. The number of carbonyl (C=O) groups is 1. The lowest BCUT2D eigenvalue weighted by Crippen LogP contribution is -2.50. The van der Waals surface area contributed by atoms with Gasteiger partial charge in [-0.2, -0.15) is 0 Å². The molecule has 1 saturated heterocycles. The average Bonchev–Trinajstić information content (AvgIpc) is 3.16. The van der Waals surface area contributed by atoms with Crippen LogP contribution in [0, 0.1) is 0 Å². The molecule has 0 atom stereocenters. The molecule has 4 rings (SSSR count). The van der Waals surface area contributed by atoms with Crippen LogP contribution >= 0.6 is 0 Å². The minimum absolute atomic E-state index is 0.265. The van der Waals surface area contributed by atoms with Gasteiger partial charge in [-0.15, -0.1) is 10.2 Å². The first kappa shape index (κ1) is 18.5. The summed E-state index contributed by atoms with van der Waals surface area (Å²) in [7, 11) is 0. The fraction of sp³-hybridized carbons (Fsp3) is 0.500. The van der Waals surface area contributed by atoms with Crippen molar-refractivity contribution in [3.05, 3.63) is 30.1 Å². The average molecular weight is 382 g/mol. The first-order valence-electron chi connectivity index (χ1n) is 9.71. The zero-order chi connectivity index (χ0) is 19.9. The summed E-state index contributed by atoms with van der Waals surface area (Å²) in [6.45, 7) is 10.3. The SMILES string of the molecule is CCc1ccc2nc(N3CCN(C(=O)OC(C)(C)C)CC3)c3nncn3c2c1. The summed E-state index contributed by atoms with van der Waals surface area (Å²) in [4.78, 5) is 21.1. The van der Waals surface area contributed by atoms with Crippen LogP contribution in [0.4, 0.5) is 10.6 Å². The molecule has 3 aromatic rings. The van der Waals surface area contributed by atoms with E-state index in [0.717, 1.165) is 28.9 Å². The van der Waals surface area contributed by atoms with Gasteiger partial charge in [0, 0.05) is 26.2 Å². The van der Waals surface area contributed by atoms with E-state index in [0.29, 0.717) is 26.2 Å². The van der Waals surface area contributed by atoms with Crippen LogP contribution in [0.5, 0.6) is 0 Å². The molecule has 2 aromatic heterocycles. The number of hydrogen-bond donors (Lipinski definition) is 0. The van der Waals surface area contributed by atoms with Crippen LogP contribution in [-0.2, 0) is 11.2 Å². The highest BCUT2D eigenvalue weighted by atomic mass is 16.6. The van der Waals surface area contributed by atoms with Gasteiger partial charge in [0.2, 0.25) is 5.65 Å². The van der Waals surface area contributed by atoms with Gasteiger partial charge in [0.15, 0.2) is 5.82 Å². The van der Waals surface area contributed by atoms with E-state index < -0.39 is 5.60 Å². The summed E-state index contributed by atoms with van der Waals surface area (Å²) >= 11 is 0. The number of anilines is 1. The number of carbonyl (C=O) groups excluding carboxylic acids is 1. The molecule has 1 amide bonds. The Morgan fingerprint density at radius 2 is 1.93 bits per heavy atom. The Bertz CT molecular complexity index is 1010. The van der Waals surface area contributed by atoms with Crippen molar-refractivity contribution in [1.82, 2.24) is 24.5 Å². The van der Waals surface area contributed by atoms with E-state index in [1.807, 2.05) is 31.2 Å². The second kappa shape index (κ2) is 6.92. The Morgan fingerprint density at radius 3 is 2.61 bits per heavy atom. The predicted octanol–water partition coefficient (Wildman–Crippen LogP) is 2.90. The number of benzene rings is 1. The molecule has 0 unspecified atom stereocenters. The number of aryl methyl sites for hydroxylation is 1. The second-order valence-electron chi connectivity index (χ2n) is 8.09. The number of hydrogen-bond acceptors (Lipinski definition) is 6. The van der Waals surface area contributed by atoms with Crippen molar-refractivity contribution in [3.63, 3.8) is 0 Å². The molecule has 0 radical (unpaired) electrons. The third-order valence-corrected chi connectivity index (χ3v) is 4.91. The van der Waals surface area contributed by atoms with Crippen molar-refractivity contribution in [2.75, 3.05) is 31.1 Å². The minimum Gasteiger partial charge on any atom is -0.444 e. The fourth-order valence-electron chi connectivity index (χ4n) is 3.44. The van der Waals surface area contributed by atoms with Gasteiger partial charge in [0.05, 0.1) is 11.0 Å². The largest absolute Gasteiger partial charge is 0.444 e. The summed E-state index contributed by atoms with van der Waals surface area (Å²) in [6.07, 6.45) is 2.44. The second-order valence-corrected chi connectivity index (χ2v) is 8.09. The summed E-state index contributed by atoms with van der Waals surface area (Å²) in [5.74, 6) is 0.804. The lowest BCUT2D eigenvalue weighted by atomic mass is 10.1. The molecule has 148 valence electrons. The zero-order valence-corrected chi connectivity index (χ0v) is 16.8. The van der Waals surface area contributed by atoms with Crippen LogP contribution in [0.25, 0.3) is 16.7 Å². The number of aromatic nitrogens is 4. The molecule has 0 bridgehead atoms. The molecular weight excluding hydrogens is 356 g/mol. The number of ether oxygens (including phenoxy) is 1. The molecule has 1 aliphatic rings. The standard InChI is InChI=1S/C20H26N6O2/c1-5-14-6-7-15-16(12-14)26-13-21-23-18(26)17(22-15)24-8-10-25(11-9-24)19(27)28-20(2,3)4/h6-7,12-13H,5,8-11H2,1-4H3. The van der Waals surface area contributed by atoms with E-state index in [9.17, 15) is 4.79 Å². The number of amides is 1. The van der Waals surface area contributed by atoms with Crippen molar-refractivity contribution in [1.29, 1.82) is 0 Å². The predicted molar refractivity (Wildman–Crippen MR) is 108 cm³/mol. The van der Waals surface area contributed by atoms with E-state index in [2.05, 4.69) is 34.2 Å². The van der Waals surface area contributed by atoms with E-state index >= 15 is 0 Å². The molecule has 3 heterocycles. The molecule has 0 aliphatic carbocycles. The summed E-state index contributed by atoms with van der Waals surface area (Å²) in [6, 6.07) is 6.30. The van der Waals surface area contributed by atoms with Crippen LogP contribution in [0.1, 0.15) is 33.3 Å². The summed E-state index contributed by atoms with van der Waals surface area (Å²) in [5.41, 5.74) is 3.43. The smallest absolute Gasteiger partial charge is 0.410 e. The monoisotopic (exact) mass is 382 g/mol. The lowest BCUT2D eigenvalue weighted by Gasteiger charge is -2.36. The summed E-state index contributed by atoms with van der Waals surface area (Å²) < 4.78 is 7.48. The Labute approximate surface area is 164 Å². The minimum atomic E-state index is -0.487. The van der Waals surface area contributed by atoms with Crippen molar-refractivity contribution >= 4 is 28.6 Å². The Morgan fingerprint density at radius 1 is 1.18 bits per heavy atom. The Hall–Kier alpha value is -2.90. The van der Waals surface area contributed by atoms with E-state index in [4.69, 9.17) is 9.72 Å². The maximum atomic E-state index is 12.3. The van der Waals surface area contributed by atoms with Crippen LogP contribution in [0.15, 0.2) is 24.5 Å². The highest BCUT2D eigenvalue weighted by molar-refractivity contribution is 5.83. The van der Waals surface area contributed by atoms with Crippen molar-refractivity contribution in [2.24, 2.45) is 0 Å². The van der Waals surface area contributed by atoms with Gasteiger partial charge in [-0.1, -0.05) is 13.0 Å². The third kappa shape index (κ3) is 3.46. The van der Waals surface area contributed by atoms with Gasteiger partial charge in [-0.05, 0) is 44.9 Å². The first-order valence-corrected chi connectivity index (χ1v) is 9.71.